The van der Waals surface area contributed by atoms with Crippen molar-refractivity contribution in [1.29, 1.82) is 0 Å². The summed E-state index contributed by atoms with van der Waals surface area (Å²) >= 11 is 0. The molecule has 0 atom stereocenters. The minimum Gasteiger partial charge on any atom is -0.508 e. The normalized spacial score (nSPS) is 10.8. The predicted octanol–water partition coefficient (Wildman–Crippen LogP) is 3.52. The maximum Gasteiger partial charge on any atom is 0.174 e. The van der Waals surface area contributed by atoms with Crippen LogP contribution in [-0.4, -0.2) is 26.2 Å². The van der Waals surface area contributed by atoms with E-state index in [1.807, 2.05) is 0 Å². The summed E-state index contributed by atoms with van der Waals surface area (Å²) in [5, 5.41) is 39.5. The second-order valence-corrected chi connectivity index (χ2v) is 5.65. The summed E-state index contributed by atoms with van der Waals surface area (Å²) in [6, 6.07) is 16.4. The van der Waals surface area contributed by atoms with Crippen molar-refractivity contribution in [2.75, 3.05) is 0 Å². The highest BCUT2D eigenvalue weighted by Gasteiger charge is 2.29. The number of Topliss-reactive ketones (excluding diaryl/α,β-unsaturated/α-hetero) is 1. The lowest BCUT2D eigenvalue weighted by Crippen LogP contribution is -2.15. The van der Waals surface area contributed by atoms with Crippen LogP contribution in [0.3, 0.4) is 0 Å². The van der Waals surface area contributed by atoms with Crippen LogP contribution < -0.4 is 0 Å². The van der Waals surface area contributed by atoms with E-state index < -0.39 is 5.92 Å². The Bertz CT molecular complexity index is 867. The van der Waals surface area contributed by atoms with Gasteiger partial charge in [-0.3, -0.25) is 4.79 Å². The molecule has 0 saturated carbocycles. The van der Waals surface area contributed by atoms with Gasteiger partial charge in [-0.05, 0) is 12.1 Å². The van der Waals surface area contributed by atoms with E-state index >= 15 is 0 Å². The first-order chi connectivity index (χ1) is 12.0. The largest absolute Gasteiger partial charge is 0.508 e. The fourth-order valence-electron chi connectivity index (χ4n) is 2.77. The van der Waals surface area contributed by atoms with Crippen LogP contribution in [0, 0.1) is 0 Å². The minimum absolute atomic E-state index is 0.137. The van der Waals surface area contributed by atoms with Crippen LogP contribution in [0.2, 0.25) is 0 Å². The summed E-state index contributed by atoms with van der Waals surface area (Å²) < 4.78 is 0. The maximum atomic E-state index is 13.1. The molecule has 3 aromatic carbocycles. The van der Waals surface area contributed by atoms with Crippen molar-refractivity contribution < 1.29 is 25.2 Å². The van der Waals surface area contributed by atoms with Crippen LogP contribution in [0.5, 0.6) is 23.0 Å². The van der Waals surface area contributed by atoms with E-state index in [4.69, 9.17) is 0 Å². The molecule has 25 heavy (non-hydrogen) atoms. The second kappa shape index (κ2) is 6.57. The van der Waals surface area contributed by atoms with Crippen molar-refractivity contribution in [3.05, 3.63) is 83.4 Å². The predicted molar refractivity (Wildman–Crippen MR) is 92.2 cm³/mol. The Labute approximate surface area is 144 Å². The molecule has 5 heteroatoms. The van der Waals surface area contributed by atoms with Gasteiger partial charge in [-0.25, -0.2) is 0 Å². The average molecular weight is 336 g/mol. The molecule has 0 radical (unpaired) electrons. The Kier molecular flexibility index (Phi) is 4.31. The summed E-state index contributed by atoms with van der Waals surface area (Å²) in [7, 11) is 0. The van der Waals surface area contributed by atoms with Crippen molar-refractivity contribution in [3.63, 3.8) is 0 Å². The SMILES string of the molecule is O=C(c1ccccc1)C(c1ccc(O)cc1O)c1ccc(O)cc1O. The minimum atomic E-state index is -0.997. The third-order valence-electron chi connectivity index (χ3n) is 3.97. The van der Waals surface area contributed by atoms with E-state index in [0.717, 1.165) is 12.1 Å². The number of hydrogen-bond donors (Lipinski definition) is 4. The molecule has 4 N–H and O–H groups in total. The smallest absolute Gasteiger partial charge is 0.174 e. The molecule has 3 aromatic rings. The van der Waals surface area contributed by atoms with Crippen molar-refractivity contribution in [1.82, 2.24) is 0 Å². The number of phenolic OH excluding ortho intramolecular Hbond substituents is 4. The van der Waals surface area contributed by atoms with E-state index in [9.17, 15) is 25.2 Å². The molecular weight excluding hydrogens is 320 g/mol. The molecule has 0 aliphatic heterocycles. The summed E-state index contributed by atoms with van der Waals surface area (Å²) in [4.78, 5) is 13.1. The molecule has 0 bridgehead atoms. The quantitative estimate of drug-likeness (QED) is 0.547. The fourth-order valence-corrected chi connectivity index (χ4v) is 2.77. The lowest BCUT2D eigenvalue weighted by Gasteiger charge is -2.19. The van der Waals surface area contributed by atoms with Crippen LogP contribution in [0.25, 0.3) is 0 Å². The molecule has 0 aliphatic carbocycles. The average Bonchev–Trinajstić information content (AvgIpc) is 2.59. The lowest BCUT2D eigenvalue weighted by atomic mass is 9.83. The monoisotopic (exact) mass is 336 g/mol. The summed E-state index contributed by atoms with van der Waals surface area (Å²) in [6.07, 6.45) is 0. The molecule has 0 aromatic heterocycles. The lowest BCUT2D eigenvalue weighted by molar-refractivity contribution is 0.0971. The van der Waals surface area contributed by atoms with Gasteiger partial charge in [0, 0.05) is 28.8 Å². The highest BCUT2D eigenvalue weighted by Crippen LogP contribution is 2.40. The number of ketones is 1. The third kappa shape index (κ3) is 3.26. The molecule has 0 amide bonds. The number of phenols is 4. The zero-order chi connectivity index (χ0) is 18.0. The molecule has 5 nitrogen and oxygen atoms in total. The maximum absolute atomic E-state index is 13.1. The molecule has 126 valence electrons. The van der Waals surface area contributed by atoms with E-state index in [2.05, 4.69) is 0 Å². The number of rotatable bonds is 4. The van der Waals surface area contributed by atoms with Gasteiger partial charge in [0.25, 0.3) is 0 Å². The van der Waals surface area contributed by atoms with Crippen LogP contribution >= 0.6 is 0 Å². The van der Waals surface area contributed by atoms with Gasteiger partial charge in [0.2, 0.25) is 0 Å². The van der Waals surface area contributed by atoms with Gasteiger partial charge in [-0.15, -0.1) is 0 Å². The van der Waals surface area contributed by atoms with Crippen molar-refractivity contribution in [3.8, 4) is 23.0 Å². The number of carbonyl (C=O) groups is 1. The van der Waals surface area contributed by atoms with E-state index in [1.165, 1.54) is 24.3 Å². The second-order valence-electron chi connectivity index (χ2n) is 5.65. The first-order valence-corrected chi connectivity index (χ1v) is 7.60. The molecule has 3 rings (SSSR count). The van der Waals surface area contributed by atoms with Gasteiger partial charge >= 0.3 is 0 Å². The molecule has 0 unspecified atom stereocenters. The number of aromatic hydroxyl groups is 4. The molecular formula is C20H16O5. The van der Waals surface area contributed by atoms with Gasteiger partial charge in [-0.2, -0.15) is 0 Å². The fraction of sp³-hybridized carbons (Fsp3) is 0.0500. The van der Waals surface area contributed by atoms with Crippen LogP contribution in [0.4, 0.5) is 0 Å². The van der Waals surface area contributed by atoms with Crippen molar-refractivity contribution in [2.45, 2.75) is 5.92 Å². The first-order valence-electron chi connectivity index (χ1n) is 7.60. The van der Waals surface area contributed by atoms with Gasteiger partial charge in [0.1, 0.15) is 23.0 Å². The Morgan fingerprint density at radius 1 is 0.680 bits per heavy atom. The van der Waals surface area contributed by atoms with Crippen molar-refractivity contribution >= 4 is 5.78 Å². The number of carbonyl (C=O) groups excluding carboxylic acids is 1. The van der Waals surface area contributed by atoms with Gasteiger partial charge in [0.15, 0.2) is 5.78 Å². The molecule has 0 fully saturated rings. The number of benzene rings is 3. The highest BCUT2D eigenvalue weighted by atomic mass is 16.3. The van der Waals surface area contributed by atoms with Crippen molar-refractivity contribution in [2.24, 2.45) is 0 Å². The van der Waals surface area contributed by atoms with Crippen LogP contribution in [-0.2, 0) is 0 Å². The summed E-state index contributed by atoms with van der Waals surface area (Å²) in [5.74, 6) is -2.13. The number of hydrogen-bond acceptors (Lipinski definition) is 5. The van der Waals surface area contributed by atoms with Gasteiger partial charge < -0.3 is 20.4 Å². The molecule has 0 heterocycles. The third-order valence-corrected chi connectivity index (χ3v) is 3.97. The summed E-state index contributed by atoms with van der Waals surface area (Å²) in [5.41, 5.74) is 0.896. The molecule has 0 aliphatic rings. The zero-order valence-electron chi connectivity index (χ0n) is 13.1. The topological polar surface area (TPSA) is 98.0 Å². The Balaban J connectivity index is 2.19. The standard InChI is InChI=1S/C20H16O5/c21-13-6-8-15(17(23)10-13)19(16-9-7-14(22)11-18(16)24)20(25)12-4-2-1-3-5-12/h1-11,19,21-24H. The Morgan fingerprint density at radius 3 is 1.60 bits per heavy atom. The molecule has 0 saturated heterocycles. The van der Waals surface area contributed by atoms with E-state index in [1.54, 1.807) is 30.3 Å². The first kappa shape index (κ1) is 16.4. The molecule has 0 spiro atoms. The van der Waals surface area contributed by atoms with E-state index in [0.29, 0.717) is 5.56 Å². The Morgan fingerprint density at radius 2 is 1.16 bits per heavy atom. The van der Waals surface area contributed by atoms with Crippen LogP contribution in [0.1, 0.15) is 27.4 Å². The summed E-state index contributed by atoms with van der Waals surface area (Å²) in [6.45, 7) is 0. The Hall–Kier alpha value is -3.47. The van der Waals surface area contributed by atoms with Gasteiger partial charge in [0.05, 0.1) is 5.92 Å². The highest BCUT2D eigenvalue weighted by molar-refractivity contribution is 6.03. The zero-order valence-corrected chi connectivity index (χ0v) is 13.1. The van der Waals surface area contributed by atoms with Gasteiger partial charge in [-0.1, -0.05) is 42.5 Å². The van der Waals surface area contributed by atoms with Crippen LogP contribution in [0.15, 0.2) is 66.7 Å². The van der Waals surface area contributed by atoms with E-state index in [-0.39, 0.29) is 39.9 Å².